The van der Waals surface area contributed by atoms with Gasteiger partial charge in [-0.3, -0.25) is 4.79 Å². The third-order valence-electron chi connectivity index (χ3n) is 12.7. The molecule has 0 aromatic rings. The van der Waals surface area contributed by atoms with E-state index in [2.05, 4.69) is 67.8 Å². The van der Waals surface area contributed by atoms with Gasteiger partial charge in [0, 0.05) is 6.42 Å². The van der Waals surface area contributed by atoms with Gasteiger partial charge >= 0.3 is 0 Å². The molecule has 0 aliphatic heterocycles. The summed E-state index contributed by atoms with van der Waals surface area (Å²) in [6, 6.07) is -0.646. The number of amides is 1. The molecule has 2 unspecified atom stereocenters. The number of hydrogen-bond donors (Lipinski definition) is 3. The number of aliphatic hydroxyl groups excluding tert-OH is 2. The zero-order chi connectivity index (χ0) is 45.6. The maximum absolute atomic E-state index is 12.5. The highest BCUT2D eigenvalue weighted by molar-refractivity contribution is 5.76. The second-order valence-electron chi connectivity index (χ2n) is 19.0. The minimum atomic E-state index is -0.871. The zero-order valence-electron chi connectivity index (χ0n) is 42.3. The van der Waals surface area contributed by atoms with Crippen molar-refractivity contribution in [1.29, 1.82) is 0 Å². The van der Waals surface area contributed by atoms with E-state index in [9.17, 15) is 15.0 Å². The van der Waals surface area contributed by atoms with Crippen LogP contribution in [-0.2, 0) is 4.79 Å². The van der Waals surface area contributed by atoms with Crippen LogP contribution in [0.25, 0.3) is 0 Å². The molecule has 0 aliphatic rings. The quantitative estimate of drug-likeness (QED) is 0.0421. The summed E-state index contributed by atoms with van der Waals surface area (Å²) >= 11 is 0. The van der Waals surface area contributed by atoms with Crippen molar-refractivity contribution in [1.82, 2.24) is 5.32 Å². The lowest BCUT2D eigenvalue weighted by Gasteiger charge is -2.19. The molecule has 0 aromatic carbocycles. The van der Waals surface area contributed by atoms with Gasteiger partial charge in [-0.15, -0.1) is 0 Å². The maximum Gasteiger partial charge on any atom is 0.220 e. The Kier molecular flexibility index (Phi) is 52.8. The van der Waals surface area contributed by atoms with Gasteiger partial charge in [0.15, 0.2) is 0 Å². The van der Waals surface area contributed by atoms with E-state index in [4.69, 9.17) is 0 Å². The number of carbonyl (C=O) groups excluding carboxylic acids is 1. The first-order chi connectivity index (χ1) is 31.2. The number of carbonyl (C=O) groups is 1. The lowest BCUT2D eigenvalue weighted by molar-refractivity contribution is -0.123. The molecule has 4 heteroatoms. The third kappa shape index (κ3) is 50.9. The van der Waals surface area contributed by atoms with Gasteiger partial charge in [0.25, 0.3) is 0 Å². The SMILES string of the molecule is CCCCCCC/C=C\C/C=C\CCCCCCCCCCCCCCCCCCCCCC(=O)NC(CO)C(O)/C=C/CC/C=C/CC/C=C/CCCCCCCCCCCC. The molecule has 2 atom stereocenters. The molecule has 3 N–H and O–H groups in total. The van der Waals surface area contributed by atoms with Gasteiger partial charge in [0.2, 0.25) is 5.91 Å². The van der Waals surface area contributed by atoms with Crippen LogP contribution >= 0.6 is 0 Å². The number of allylic oxidation sites excluding steroid dienone is 9. The first-order valence-electron chi connectivity index (χ1n) is 28.0. The summed E-state index contributed by atoms with van der Waals surface area (Å²) in [7, 11) is 0. The molecule has 63 heavy (non-hydrogen) atoms. The zero-order valence-corrected chi connectivity index (χ0v) is 42.3. The fourth-order valence-corrected chi connectivity index (χ4v) is 8.42. The van der Waals surface area contributed by atoms with E-state index in [1.165, 1.54) is 225 Å². The first-order valence-corrected chi connectivity index (χ1v) is 28.0. The minimum absolute atomic E-state index is 0.0751. The molecular weight excluding hydrogens is 771 g/mol. The molecule has 0 spiro atoms. The largest absolute Gasteiger partial charge is 0.394 e. The molecule has 368 valence electrons. The van der Waals surface area contributed by atoms with Crippen LogP contribution in [0.3, 0.4) is 0 Å². The number of unbranched alkanes of at least 4 members (excludes halogenated alkanes) is 36. The summed E-state index contributed by atoms with van der Waals surface area (Å²) < 4.78 is 0. The summed E-state index contributed by atoms with van der Waals surface area (Å²) in [5.41, 5.74) is 0. The van der Waals surface area contributed by atoms with Crippen LogP contribution in [0.4, 0.5) is 0 Å². The number of hydrogen-bond acceptors (Lipinski definition) is 3. The highest BCUT2D eigenvalue weighted by Gasteiger charge is 2.18. The van der Waals surface area contributed by atoms with Crippen LogP contribution in [0.1, 0.15) is 290 Å². The number of aliphatic hydroxyl groups is 2. The lowest BCUT2D eigenvalue weighted by atomic mass is 10.0. The molecule has 1 amide bonds. The normalized spacial score (nSPS) is 13.3. The average molecular weight is 881 g/mol. The highest BCUT2D eigenvalue weighted by atomic mass is 16.3. The molecule has 0 saturated heterocycles. The van der Waals surface area contributed by atoms with Crippen molar-refractivity contribution in [3.8, 4) is 0 Å². The van der Waals surface area contributed by atoms with Crippen molar-refractivity contribution in [2.45, 2.75) is 302 Å². The average Bonchev–Trinajstić information content (AvgIpc) is 3.29. The van der Waals surface area contributed by atoms with Crippen molar-refractivity contribution in [2.24, 2.45) is 0 Å². The van der Waals surface area contributed by atoms with Gasteiger partial charge in [0.05, 0.1) is 18.8 Å². The van der Waals surface area contributed by atoms with Gasteiger partial charge in [-0.2, -0.15) is 0 Å². The summed E-state index contributed by atoms with van der Waals surface area (Å²) in [6.07, 6.45) is 76.7. The second-order valence-corrected chi connectivity index (χ2v) is 19.0. The molecule has 0 fully saturated rings. The summed E-state index contributed by atoms with van der Waals surface area (Å²) in [6.45, 7) is 4.30. The van der Waals surface area contributed by atoms with Gasteiger partial charge in [-0.1, -0.05) is 267 Å². The molecule has 0 radical (unpaired) electrons. The Morgan fingerprint density at radius 2 is 0.667 bits per heavy atom. The Bertz CT molecular complexity index is 1040. The Hall–Kier alpha value is -1.91. The highest BCUT2D eigenvalue weighted by Crippen LogP contribution is 2.16. The standard InChI is InChI=1S/C59H109NO3/c1-3-5-7-9-11-13-15-17-19-21-23-25-26-27-28-29-30-31-32-33-34-35-37-39-41-43-45-47-49-51-53-55-59(63)60-57(56-61)58(62)54-52-50-48-46-44-42-40-38-36-24-22-20-18-16-14-12-10-8-6-4-2/h15,17,21,23,36,38,44,46,52,54,57-58,61-62H,3-14,16,18-20,22,24-35,37,39-43,45,47-51,53,55-56H2,1-2H3,(H,60,63)/b17-15-,23-21-,38-36+,46-44+,54-52+. The monoisotopic (exact) mass is 880 g/mol. The van der Waals surface area contributed by atoms with E-state index >= 15 is 0 Å². The summed E-state index contributed by atoms with van der Waals surface area (Å²) in [5.74, 6) is -0.0751. The van der Waals surface area contributed by atoms with Gasteiger partial charge in [-0.25, -0.2) is 0 Å². The topological polar surface area (TPSA) is 69.6 Å². The van der Waals surface area contributed by atoms with Crippen molar-refractivity contribution in [2.75, 3.05) is 6.61 Å². The van der Waals surface area contributed by atoms with E-state index in [1.54, 1.807) is 6.08 Å². The Balaban J connectivity index is 3.52. The van der Waals surface area contributed by atoms with Crippen LogP contribution < -0.4 is 5.32 Å². The molecule has 0 aliphatic carbocycles. The molecule has 0 saturated carbocycles. The van der Waals surface area contributed by atoms with Crippen LogP contribution in [0, 0.1) is 0 Å². The van der Waals surface area contributed by atoms with Crippen LogP contribution in [0.2, 0.25) is 0 Å². The first kappa shape index (κ1) is 61.1. The maximum atomic E-state index is 12.5. The van der Waals surface area contributed by atoms with Crippen molar-refractivity contribution >= 4 is 5.91 Å². The molecule has 4 nitrogen and oxygen atoms in total. The van der Waals surface area contributed by atoms with E-state index in [0.717, 1.165) is 44.9 Å². The van der Waals surface area contributed by atoms with E-state index in [-0.39, 0.29) is 12.5 Å². The predicted octanol–water partition coefficient (Wildman–Crippen LogP) is 18.4. The van der Waals surface area contributed by atoms with E-state index < -0.39 is 12.1 Å². The Morgan fingerprint density at radius 1 is 0.381 bits per heavy atom. The third-order valence-corrected chi connectivity index (χ3v) is 12.7. The predicted molar refractivity (Wildman–Crippen MR) is 281 cm³/mol. The van der Waals surface area contributed by atoms with Gasteiger partial charge in [0.1, 0.15) is 0 Å². The van der Waals surface area contributed by atoms with Gasteiger partial charge < -0.3 is 15.5 Å². The number of rotatable bonds is 51. The van der Waals surface area contributed by atoms with Gasteiger partial charge in [-0.05, 0) is 77.0 Å². The van der Waals surface area contributed by atoms with Crippen LogP contribution in [0.15, 0.2) is 60.8 Å². The molecular formula is C59H109NO3. The lowest BCUT2D eigenvalue weighted by Crippen LogP contribution is -2.45. The molecule has 0 bridgehead atoms. The summed E-state index contributed by atoms with van der Waals surface area (Å²) in [5, 5.41) is 23.1. The Labute approximate surface area is 394 Å². The van der Waals surface area contributed by atoms with Crippen LogP contribution in [0.5, 0.6) is 0 Å². The molecule has 0 heterocycles. The second kappa shape index (κ2) is 54.4. The van der Waals surface area contributed by atoms with Crippen molar-refractivity contribution < 1.29 is 15.0 Å². The van der Waals surface area contributed by atoms with E-state index in [1.807, 2.05) is 6.08 Å². The molecule has 0 rings (SSSR count). The molecule has 0 aromatic heterocycles. The van der Waals surface area contributed by atoms with Crippen molar-refractivity contribution in [3.05, 3.63) is 60.8 Å². The van der Waals surface area contributed by atoms with E-state index in [0.29, 0.717) is 6.42 Å². The smallest absolute Gasteiger partial charge is 0.220 e. The van der Waals surface area contributed by atoms with Crippen LogP contribution in [-0.4, -0.2) is 34.9 Å². The minimum Gasteiger partial charge on any atom is -0.394 e. The number of nitrogens with one attached hydrogen (secondary N) is 1. The fourth-order valence-electron chi connectivity index (χ4n) is 8.42. The van der Waals surface area contributed by atoms with Crippen molar-refractivity contribution in [3.63, 3.8) is 0 Å². The summed E-state index contributed by atoms with van der Waals surface area (Å²) in [4.78, 5) is 12.5. The fraction of sp³-hybridized carbons (Fsp3) is 0.814. The Morgan fingerprint density at radius 3 is 1.02 bits per heavy atom.